The molecule has 7 aliphatic rings. The molecule has 3 aliphatic heterocycles. The normalized spacial score (nSPS) is 55.3. The molecule has 0 radical (unpaired) electrons. The van der Waals surface area contributed by atoms with E-state index in [1.54, 1.807) is 13.0 Å². The average Bonchev–Trinajstić information content (AvgIpc) is 3.61. The van der Waals surface area contributed by atoms with E-state index in [4.69, 9.17) is 23.7 Å². The van der Waals surface area contributed by atoms with Crippen LogP contribution < -0.4 is 0 Å². The fourth-order valence-corrected chi connectivity index (χ4v) is 11.3. The first-order valence-electron chi connectivity index (χ1n) is 17.9. The summed E-state index contributed by atoms with van der Waals surface area (Å²) in [5, 5.41) is 74.7. The van der Waals surface area contributed by atoms with Gasteiger partial charge in [0.05, 0.1) is 24.4 Å². The van der Waals surface area contributed by atoms with Crippen molar-refractivity contribution in [2.24, 2.45) is 34.5 Å². The van der Waals surface area contributed by atoms with E-state index in [2.05, 4.69) is 13.8 Å². The Morgan fingerprint density at radius 3 is 2.27 bits per heavy atom. The van der Waals surface area contributed by atoms with E-state index in [1.807, 2.05) is 0 Å². The van der Waals surface area contributed by atoms with Crippen LogP contribution in [-0.2, 0) is 28.5 Å². The van der Waals surface area contributed by atoms with Gasteiger partial charge in [0.1, 0.15) is 49.3 Å². The predicted molar refractivity (Wildman–Crippen MR) is 166 cm³/mol. The molecule has 272 valence electrons. The molecule has 0 aromatic heterocycles. The fourth-order valence-electron chi connectivity index (χ4n) is 11.3. The Balaban J connectivity index is 0.977. The number of carbonyl (C=O) groups excluding carboxylic acids is 1. The van der Waals surface area contributed by atoms with Crippen molar-refractivity contribution in [1.82, 2.24) is 0 Å². The molecule has 0 aromatic rings. The van der Waals surface area contributed by atoms with Crippen molar-refractivity contribution in [2.75, 3.05) is 13.2 Å². The lowest BCUT2D eigenvalue weighted by molar-refractivity contribution is -0.360. The highest BCUT2D eigenvalue weighted by Crippen LogP contribution is 2.70. The van der Waals surface area contributed by atoms with E-state index in [0.29, 0.717) is 18.4 Å². The Hall–Kier alpha value is -1.23. The van der Waals surface area contributed by atoms with E-state index >= 15 is 0 Å². The number of aliphatic hydroxyl groups excluding tert-OH is 6. The van der Waals surface area contributed by atoms with Gasteiger partial charge in [-0.3, -0.25) is 0 Å². The van der Waals surface area contributed by atoms with Crippen molar-refractivity contribution >= 4 is 5.97 Å². The molecule has 48 heavy (non-hydrogen) atoms. The van der Waals surface area contributed by atoms with E-state index in [0.717, 1.165) is 63.4 Å². The fraction of sp³-hybridized carbons (Fsp3) is 0.914. The third-order valence-electron chi connectivity index (χ3n) is 14.2. The van der Waals surface area contributed by atoms with Gasteiger partial charge in [-0.05, 0) is 99.4 Å². The second kappa shape index (κ2) is 12.8. The molecule has 7 N–H and O–H groups in total. The number of aliphatic hydroxyl groups is 7. The molecular formula is C35H54O13. The largest absolute Gasteiger partial charge is 0.458 e. The smallest absolute Gasteiger partial charge is 0.331 e. The summed E-state index contributed by atoms with van der Waals surface area (Å²) >= 11 is 0. The molecule has 4 aliphatic carbocycles. The van der Waals surface area contributed by atoms with Crippen molar-refractivity contribution < 1.29 is 64.2 Å². The number of hydrogen-bond donors (Lipinski definition) is 7. The van der Waals surface area contributed by atoms with E-state index < -0.39 is 73.6 Å². The van der Waals surface area contributed by atoms with Crippen LogP contribution in [0.2, 0.25) is 0 Å². The van der Waals surface area contributed by atoms with Gasteiger partial charge in [0.2, 0.25) is 0 Å². The van der Waals surface area contributed by atoms with Crippen LogP contribution in [0, 0.1) is 34.5 Å². The number of cyclic esters (lactones) is 1. The zero-order chi connectivity index (χ0) is 34.3. The van der Waals surface area contributed by atoms with Gasteiger partial charge in [-0.2, -0.15) is 0 Å². The van der Waals surface area contributed by atoms with Gasteiger partial charge >= 0.3 is 5.97 Å². The molecule has 0 amide bonds. The van der Waals surface area contributed by atoms with Crippen LogP contribution in [-0.4, -0.2) is 128 Å². The van der Waals surface area contributed by atoms with Gasteiger partial charge in [0.15, 0.2) is 12.6 Å². The Morgan fingerprint density at radius 1 is 0.833 bits per heavy atom. The molecule has 13 heteroatoms. The summed E-state index contributed by atoms with van der Waals surface area (Å²) in [4.78, 5) is 11.9. The summed E-state index contributed by atoms with van der Waals surface area (Å²) in [7, 11) is 0. The Labute approximate surface area is 281 Å². The van der Waals surface area contributed by atoms with E-state index in [9.17, 15) is 40.5 Å². The van der Waals surface area contributed by atoms with Crippen LogP contribution in [0.3, 0.4) is 0 Å². The zero-order valence-electron chi connectivity index (χ0n) is 28.1. The number of hydrogen-bond acceptors (Lipinski definition) is 13. The third-order valence-corrected chi connectivity index (χ3v) is 14.2. The van der Waals surface area contributed by atoms with Gasteiger partial charge < -0.3 is 59.4 Å². The van der Waals surface area contributed by atoms with Crippen LogP contribution in [0.5, 0.6) is 0 Å². The summed E-state index contributed by atoms with van der Waals surface area (Å²) < 4.78 is 28.8. The molecule has 0 spiro atoms. The molecule has 3 unspecified atom stereocenters. The highest BCUT2D eigenvalue weighted by atomic mass is 16.7. The summed E-state index contributed by atoms with van der Waals surface area (Å²) in [6.07, 6.45) is -4.12. The van der Waals surface area contributed by atoms with Crippen molar-refractivity contribution in [3.63, 3.8) is 0 Å². The number of carbonyl (C=O) groups is 1. The van der Waals surface area contributed by atoms with Crippen molar-refractivity contribution in [3.8, 4) is 0 Å². The molecule has 4 saturated carbocycles. The average molecular weight is 683 g/mol. The first-order valence-corrected chi connectivity index (χ1v) is 17.9. The van der Waals surface area contributed by atoms with Gasteiger partial charge in [0, 0.05) is 11.5 Å². The summed E-state index contributed by atoms with van der Waals surface area (Å²) in [6.45, 7) is 5.97. The molecule has 3 heterocycles. The van der Waals surface area contributed by atoms with Crippen molar-refractivity contribution in [3.05, 3.63) is 11.6 Å². The molecular weight excluding hydrogens is 628 g/mol. The number of rotatable bonds is 6. The third kappa shape index (κ3) is 5.42. The highest BCUT2D eigenvalue weighted by Gasteiger charge is 2.68. The Kier molecular flexibility index (Phi) is 9.36. The molecule has 6 fully saturated rings. The van der Waals surface area contributed by atoms with Gasteiger partial charge in [-0.25, -0.2) is 4.79 Å². The number of fused-ring (bicyclic) bond motifs is 5. The predicted octanol–water partition coefficient (Wildman–Crippen LogP) is 0.280. The first-order chi connectivity index (χ1) is 22.7. The van der Waals surface area contributed by atoms with Gasteiger partial charge in [0.25, 0.3) is 0 Å². The Morgan fingerprint density at radius 2 is 1.56 bits per heavy atom. The van der Waals surface area contributed by atoms with Crippen LogP contribution >= 0.6 is 0 Å². The van der Waals surface area contributed by atoms with Gasteiger partial charge in [-0.15, -0.1) is 0 Å². The summed E-state index contributed by atoms with van der Waals surface area (Å²) in [6, 6.07) is 0. The van der Waals surface area contributed by atoms with E-state index in [1.165, 1.54) is 0 Å². The van der Waals surface area contributed by atoms with Crippen LogP contribution in [0.1, 0.15) is 78.6 Å². The minimum absolute atomic E-state index is 0.0345. The van der Waals surface area contributed by atoms with Crippen LogP contribution in [0.25, 0.3) is 0 Å². The van der Waals surface area contributed by atoms with Crippen molar-refractivity contribution in [2.45, 2.75) is 152 Å². The maximum absolute atomic E-state index is 12.5. The van der Waals surface area contributed by atoms with Crippen LogP contribution in [0.4, 0.5) is 0 Å². The minimum atomic E-state index is -1.65. The van der Waals surface area contributed by atoms with E-state index in [-0.39, 0.29) is 34.7 Å². The standard InChI is InChI=1S/C35H54O13/c1-16-30(48-32-28(41)26(39)25(38)23(14-36)47-32)27(40)29(42)31(45-16)46-19-6-9-33(2)18(13-19)4-5-22-21(33)7-10-34(3)20(8-11-35(22,34)43)17-12-24(37)44-15-17/h12,16,18-23,25-32,36,38-43H,4-11,13-15H2,1-3H3/t16-,18-,19+,20?,21?,22?,23-,25-,26+,27-,28-,29-,30+,31+,32+,33+,34-,35+/m1/s1. The zero-order valence-corrected chi connectivity index (χ0v) is 28.1. The topological polar surface area (TPSA) is 205 Å². The monoisotopic (exact) mass is 682 g/mol. The maximum Gasteiger partial charge on any atom is 0.331 e. The summed E-state index contributed by atoms with van der Waals surface area (Å²) in [5.74, 6) is 0.825. The number of esters is 1. The number of ether oxygens (including phenoxy) is 5. The molecule has 13 nitrogen and oxygen atoms in total. The quantitative estimate of drug-likeness (QED) is 0.149. The van der Waals surface area contributed by atoms with Crippen LogP contribution in [0.15, 0.2) is 11.6 Å². The molecule has 7 rings (SSSR count). The second-order valence-electron chi connectivity index (χ2n) is 16.3. The summed E-state index contributed by atoms with van der Waals surface area (Å²) in [5.41, 5.74) is 0.00280. The molecule has 0 bridgehead atoms. The molecule has 2 saturated heterocycles. The lowest BCUT2D eigenvalue weighted by Crippen LogP contribution is -2.64. The molecule has 0 aromatic carbocycles. The molecule has 18 atom stereocenters. The van der Waals surface area contributed by atoms with Gasteiger partial charge in [-0.1, -0.05) is 13.8 Å². The van der Waals surface area contributed by atoms with Crippen molar-refractivity contribution in [1.29, 1.82) is 0 Å². The lowest BCUT2D eigenvalue weighted by Gasteiger charge is -2.64. The first kappa shape index (κ1) is 35.2. The minimum Gasteiger partial charge on any atom is -0.458 e. The maximum atomic E-state index is 12.5. The SMILES string of the molecule is C[C@H]1O[C@@H](O[C@H]2CC[C@]3(C)C4CC[C@]5(C)C(C6=CC(=O)OC6)CC[C@]5(O)C4CC[C@@H]3C2)[C@H](O)[C@@H](O)[C@H]1O[C@@H]1O[C@H](CO)[C@@H](O)[C@H](O)[C@H]1O. The lowest BCUT2D eigenvalue weighted by atomic mass is 9.43. The Bertz CT molecular complexity index is 1240. The second-order valence-corrected chi connectivity index (χ2v) is 16.3. The highest BCUT2D eigenvalue weighted by molar-refractivity contribution is 5.85.